The summed E-state index contributed by atoms with van der Waals surface area (Å²) >= 11 is 0. The number of hydrogen-bond acceptors (Lipinski definition) is 4. The van der Waals surface area contributed by atoms with Crippen molar-refractivity contribution in [2.75, 3.05) is 0 Å². The van der Waals surface area contributed by atoms with Crippen LogP contribution in [0.25, 0.3) is 0 Å². The molecule has 0 aromatic heterocycles. The number of unbranched alkanes of at least 4 members (excludes halogenated alkanes) is 14. The van der Waals surface area contributed by atoms with Gasteiger partial charge < -0.3 is 24.4 Å². The zero-order valence-corrected chi connectivity index (χ0v) is 22.7. The number of carboxylic acid groups (broad SMARTS) is 1. The average Bonchev–Trinajstić information content (AvgIpc) is 2.49. The predicted molar refractivity (Wildman–Crippen MR) is 97.0 cm³/mol. The first-order valence-electron chi connectivity index (χ1n) is 9.74. The van der Waals surface area contributed by atoms with Crippen molar-refractivity contribution >= 4 is 13.8 Å². The summed E-state index contributed by atoms with van der Waals surface area (Å²) < 4.78 is 8.66. The van der Waals surface area contributed by atoms with E-state index >= 15 is 0 Å². The molecule has 0 aliphatic heterocycles. The van der Waals surface area contributed by atoms with E-state index in [2.05, 4.69) is 6.92 Å². The Morgan fingerprint density at radius 1 is 0.704 bits per heavy atom. The predicted octanol–water partition coefficient (Wildman–Crippen LogP) is -1.85. The second-order valence-electron chi connectivity index (χ2n) is 6.56. The van der Waals surface area contributed by atoms with Crippen LogP contribution in [0.3, 0.4) is 0 Å². The monoisotopic (exact) mass is 426 g/mol. The van der Waals surface area contributed by atoms with Gasteiger partial charge in [-0.3, -0.25) is 4.79 Å². The molecule has 27 heavy (non-hydrogen) atoms. The number of aliphatic carboxylic acids is 1. The third kappa shape index (κ3) is 52.3. The topological polar surface area (TPSA) is 121 Å². The number of carbonyl (C=O) groups is 1. The number of phosphoric acid groups is 1. The van der Waals surface area contributed by atoms with E-state index in [-0.39, 0.29) is 59.1 Å². The first-order chi connectivity index (χ1) is 11.8. The Hall–Kier alpha value is 1.58. The van der Waals surface area contributed by atoms with Crippen molar-refractivity contribution < 1.29 is 88.3 Å². The van der Waals surface area contributed by atoms with Crippen LogP contribution in [0.5, 0.6) is 0 Å². The Bertz CT molecular complexity index is 332. The maximum absolute atomic E-state index is 10.3. The van der Waals surface area contributed by atoms with Gasteiger partial charge in [-0.15, -0.1) is 0 Å². The summed E-state index contributed by atoms with van der Waals surface area (Å²) in [7, 11) is -5.14. The molecule has 6 nitrogen and oxygen atoms in total. The fourth-order valence-corrected chi connectivity index (χ4v) is 2.65. The fourth-order valence-electron chi connectivity index (χ4n) is 2.65. The van der Waals surface area contributed by atoms with Gasteiger partial charge in [-0.25, -0.2) is 0 Å². The summed E-state index contributed by atoms with van der Waals surface area (Å²) in [4.78, 5) is 34.6. The van der Waals surface area contributed by atoms with Gasteiger partial charge in [0.05, 0.1) is 7.82 Å². The Labute approximate surface area is 210 Å². The summed E-state index contributed by atoms with van der Waals surface area (Å²) in [6.45, 7) is 2.27. The van der Waals surface area contributed by atoms with Gasteiger partial charge in [0.2, 0.25) is 0 Å². The smallest absolute Gasteiger partial charge is 0.790 e. The molecule has 0 atom stereocenters. The maximum atomic E-state index is 10.3. The summed E-state index contributed by atoms with van der Waals surface area (Å²) in [5.74, 6) is -0.653. The van der Waals surface area contributed by atoms with E-state index < -0.39 is 13.8 Å². The van der Waals surface area contributed by atoms with Crippen LogP contribution in [0.1, 0.15) is 110 Å². The van der Waals surface area contributed by atoms with E-state index in [9.17, 15) is 4.79 Å². The molecular formula is C18H37Na2O6P. The molecule has 0 heterocycles. The summed E-state index contributed by atoms with van der Waals surface area (Å²) in [6.07, 6.45) is 20.2. The van der Waals surface area contributed by atoms with Crippen LogP contribution in [0, 0.1) is 0 Å². The van der Waals surface area contributed by atoms with Gasteiger partial charge in [0, 0.05) is 6.42 Å². The Balaban J connectivity index is -0.000000333. The molecule has 0 aliphatic carbocycles. The first kappa shape index (κ1) is 36.0. The van der Waals surface area contributed by atoms with Crippen LogP contribution in [-0.4, -0.2) is 16.0 Å². The van der Waals surface area contributed by atoms with Gasteiger partial charge in [0.15, 0.2) is 0 Å². The Kier molecular flexibility index (Phi) is 36.8. The Morgan fingerprint density at radius 2 is 0.926 bits per heavy atom. The zero-order chi connectivity index (χ0) is 19.4. The van der Waals surface area contributed by atoms with E-state index in [1.165, 1.54) is 83.5 Å². The quantitative estimate of drug-likeness (QED) is 0.170. The van der Waals surface area contributed by atoms with Gasteiger partial charge in [-0.05, 0) is 6.42 Å². The molecule has 0 spiro atoms. The molecular weight excluding hydrogens is 389 g/mol. The SMILES string of the molecule is CCCCCCCCCCCCCCCCCC(=O)O.O=P([O-])([O-])O.[Na+].[Na+]. The first-order valence-corrected chi connectivity index (χ1v) is 11.2. The minimum atomic E-state index is -5.14. The number of rotatable bonds is 16. The van der Waals surface area contributed by atoms with E-state index in [0.29, 0.717) is 6.42 Å². The molecule has 0 unspecified atom stereocenters. The maximum Gasteiger partial charge on any atom is 1.00 e. The molecule has 0 aromatic carbocycles. The second-order valence-corrected chi connectivity index (χ2v) is 7.50. The minimum absolute atomic E-state index is 0. The normalized spacial score (nSPS) is 10.2. The van der Waals surface area contributed by atoms with Crippen LogP contribution in [0.4, 0.5) is 0 Å². The molecule has 0 rings (SSSR count). The molecule has 9 heteroatoms. The second kappa shape index (κ2) is 27.6. The van der Waals surface area contributed by atoms with Gasteiger partial charge in [-0.2, -0.15) is 0 Å². The summed E-state index contributed by atoms with van der Waals surface area (Å²) in [6, 6.07) is 0. The summed E-state index contributed by atoms with van der Waals surface area (Å²) in [5.41, 5.74) is 0. The molecule has 2 N–H and O–H groups in total. The van der Waals surface area contributed by atoms with Gasteiger partial charge >= 0.3 is 65.1 Å². The van der Waals surface area contributed by atoms with Crippen LogP contribution in [0.2, 0.25) is 0 Å². The molecule has 0 saturated heterocycles. The van der Waals surface area contributed by atoms with Crippen molar-refractivity contribution in [2.24, 2.45) is 0 Å². The minimum Gasteiger partial charge on any atom is -0.790 e. The molecule has 152 valence electrons. The molecule has 0 bridgehead atoms. The van der Waals surface area contributed by atoms with Crippen molar-refractivity contribution in [3.05, 3.63) is 0 Å². The van der Waals surface area contributed by atoms with Crippen LogP contribution >= 0.6 is 7.82 Å². The molecule has 0 amide bonds. The van der Waals surface area contributed by atoms with Crippen molar-refractivity contribution in [1.29, 1.82) is 0 Å². The molecule has 0 fully saturated rings. The van der Waals surface area contributed by atoms with Crippen molar-refractivity contribution in [2.45, 2.75) is 110 Å². The van der Waals surface area contributed by atoms with E-state index in [1.807, 2.05) is 0 Å². The van der Waals surface area contributed by atoms with Gasteiger partial charge in [0.25, 0.3) is 0 Å². The number of carboxylic acids is 1. The van der Waals surface area contributed by atoms with E-state index in [1.54, 1.807) is 0 Å². The van der Waals surface area contributed by atoms with Crippen molar-refractivity contribution in [1.82, 2.24) is 0 Å². The van der Waals surface area contributed by atoms with Crippen LogP contribution < -0.4 is 68.9 Å². The van der Waals surface area contributed by atoms with Gasteiger partial charge in [-0.1, -0.05) is 96.8 Å². The van der Waals surface area contributed by atoms with Gasteiger partial charge in [0.1, 0.15) is 0 Å². The zero-order valence-electron chi connectivity index (χ0n) is 17.8. The van der Waals surface area contributed by atoms with Crippen molar-refractivity contribution in [3.8, 4) is 0 Å². The number of hydrogen-bond donors (Lipinski definition) is 2. The fraction of sp³-hybridized carbons (Fsp3) is 0.944. The Morgan fingerprint density at radius 3 is 1.15 bits per heavy atom. The molecule has 0 aliphatic rings. The molecule has 0 radical (unpaired) electrons. The average molecular weight is 426 g/mol. The van der Waals surface area contributed by atoms with E-state index in [4.69, 9.17) is 24.4 Å². The van der Waals surface area contributed by atoms with Crippen LogP contribution in [-0.2, 0) is 9.36 Å². The van der Waals surface area contributed by atoms with E-state index in [0.717, 1.165) is 12.8 Å². The van der Waals surface area contributed by atoms with Crippen LogP contribution in [0.15, 0.2) is 0 Å². The van der Waals surface area contributed by atoms with Crippen molar-refractivity contribution in [3.63, 3.8) is 0 Å². The third-order valence-electron chi connectivity index (χ3n) is 3.99. The largest absolute Gasteiger partial charge is 1.00 e. The summed E-state index contributed by atoms with van der Waals surface area (Å²) in [5, 5.41) is 8.52. The standard InChI is InChI=1S/C18H36O2.2Na.H3O4P/c1-2-3-4-5-6-7-8-9-10-11-12-13-14-15-16-17-18(19)20;;;1-5(2,3)4/h2-17H2,1H3,(H,19,20);;;(H3,1,2,3,4)/q;2*+1;/p-2. The third-order valence-corrected chi connectivity index (χ3v) is 3.99. The molecule has 0 saturated carbocycles. The molecule has 0 aromatic rings.